The van der Waals surface area contributed by atoms with Gasteiger partial charge in [-0.25, -0.2) is 9.59 Å². The van der Waals surface area contributed by atoms with Gasteiger partial charge in [-0.05, 0) is 32.9 Å². The van der Waals surface area contributed by atoms with Crippen LogP contribution in [0.5, 0.6) is 5.75 Å². The second kappa shape index (κ2) is 8.12. The van der Waals surface area contributed by atoms with E-state index in [1.165, 1.54) is 6.92 Å². The fourth-order valence-corrected chi connectivity index (χ4v) is 2.79. The molecule has 1 atom stereocenters. The minimum absolute atomic E-state index is 0.174. The maximum absolute atomic E-state index is 12.6. The summed E-state index contributed by atoms with van der Waals surface area (Å²) in [5.41, 5.74) is 1.69. The first-order valence-corrected chi connectivity index (χ1v) is 8.82. The van der Waals surface area contributed by atoms with Gasteiger partial charge in [0.25, 0.3) is 5.91 Å². The Labute approximate surface area is 161 Å². The van der Waals surface area contributed by atoms with Crippen LogP contribution in [0.2, 0.25) is 0 Å². The lowest BCUT2D eigenvalue weighted by Gasteiger charge is -2.19. The van der Waals surface area contributed by atoms with Gasteiger partial charge in [0.15, 0.2) is 6.10 Å². The van der Waals surface area contributed by atoms with Gasteiger partial charge in [0.2, 0.25) is 0 Å². The van der Waals surface area contributed by atoms with Crippen LogP contribution in [0, 0.1) is 13.8 Å². The maximum Gasteiger partial charge on any atom is 0.342 e. The molecule has 0 bridgehead atoms. The van der Waals surface area contributed by atoms with Crippen molar-refractivity contribution in [2.45, 2.75) is 33.5 Å². The van der Waals surface area contributed by atoms with Gasteiger partial charge in [-0.15, -0.1) is 0 Å². The number of aromatic nitrogens is 1. The molecule has 2 aromatic rings. The van der Waals surface area contributed by atoms with Gasteiger partial charge in [0, 0.05) is 13.1 Å². The van der Waals surface area contributed by atoms with E-state index in [1.807, 2.05) is 0 Å². The number of nitrogens with zero attached hydrogens (tertiary/aromatic N) is 2. The van der Waals surface area contributed by atoms with Gasteiger partial charge >= 0.3 is 12.0 Å². The number of urea groups is 1. The van der Waals surface area contributed by atoms with Crippen molar-refractivity contribution in [2.75, 3.05) is 13.1 Å². The smallest absolute Gasteiger partial charge is 0.342 e. The zero-order chi connectivity index (χ0) is 20.3. The van der Waals surface area contributed by atoms with Crippen molar-refractivity contribution in [3.05, 3.63) is 46.8 Å². The van der Waals surface area contributed by atoms with E-state index < -0.39 is 24.0 Å². The van der Waals surface area contributed by atoms with Crippen LogP contribution in [0.4, 0.5) is 4.79 Å². The van der Waals surface area contributed by atoms with Crippen LogP contribution < -0.4 is 10.1 Å². The summed E-state index contributed by atoms with van der Waals surface area (Å²) in [7, 11) is 0. The molecule has 2 heterocycles. The Morgan fingerprint density at radius 1 is 1.32 bits per heavy atom. The van der Waals surface area contributed by atoms with Crippen molar-refractivity contribution in [3.63, 3.8) is 0 Å². The van der Waals surface area contributed by atoms with Gasteiger partial charge in [-0.1, -0.05) is 17.3 Å². The Kier molecular flexibility index (Phi) is 5.62. The third-order valence-corrected chi connectivity index (χ3v) is 4.41. The summed E-state index contributed by atoms with van der Waals surface area (Å²) in [4.78, 5) is 37.5. The summed E-state index contributed by atoms with van der Waals surface area (Å²) in [6.45, 7) is 5.81. The molecule has 28 heavy (non-hydrogen) atoms. The van der Waals surface area contributed by atoms with Gasteiger partial charge in [0.05, 0.1) is 11.3 Å². The number of hydrogen-bond donors (Lipinski definition) is 1. The molecular formula is C19H21N3O6. The normalized spacial score (nSPS) is 14.5. The summed E-state index contributed by atoms with van der Waals surface area (Å²) in [5.74, 6) is -0.334. The predicted molar refractivity (Wildman–Crippen MR) is 96.7 cm³/mol. The van der Waals surface area contributed by atoms with Crippen LogP contribution in [0.15, 0.2) is 28.8 Å². The lowest BCUT2D eigenvalue weighted by atomic mass is 10.2. The third kappa shape index (κ3) is 3.98. The standard InChI is InChI=1S/C19H21N3O6/c1-11-15(12(2)28-21-11)10-26-16-7-5-4-6-14(16)18(24)27-13(3)17(23)22-9-8-20-19(22)25/h4-7,13H,8-10H2,1-3H3,(H,20,25). The van der Waals surface area contributed by atoms with Crippen LogP contribution in [0.3, 0.4) is 0 Å². The van der Waals surface area contributed by atoms with Crippen molar-refractivity contribution < 1.29 is 28.4 Å². The zero-order valence-corrected chi connectivity index (χ0v) is 15.9. The topological polar surface area (TPSA) is 111 Å². The Morgan fingerprint density at radius 2 is 2.07 bits per heavy atom. The number of rotatable bonds is 6. The number of esters is 1. The van der Waals surface area contributed by atoms with Crippen LogP contribution in [0.1, 0.15) is 34.3 Å². The van der Waals surface area contributed by atoms with E-state index in [2.05, 4.69) is 10.5 Å². The summed E-state index contributed by atoms with van der Waals surface area (Å²) in [6.07, 6.45) is -1.10. The number of aryl methyl sites for hydroxylation is 2. The Morgan fingerprint density at radius 3 is 2.71 bits per heavy atom. The number of ether oxygens (including phenoxy) is 2. The summed E-state index contributed by atoms with van der Waals surface area (Å²) < 4.78 is 16.1. The van der Waals surface area contributed by atoms with Crippen molar-refractivity contribution in [2.24, 2.45) is 0 Å². The van der Waals surface area contributed by atoms with Crippen LogP contribution in [-0.4, -0.2) is 47.2 Å². The van der Waals surface area contributed by atoms with Crippen molar-refractivity contribution in [1.82, 2.24) is 15.4 Å². The monoisotopic (exact) mass is 387 g/mol. The Balaban J connectivity index is 1.68. The van der Waals surface area contributed by atoms with E-state index >= 15 is 0 Å². The number of carbonyl (C=O) groups excluding carboxylic acids is 3. The molecule has 1 aliphatic rings. The van der Waals surface area contributed by atoms with E-state index in [1.54, 1.807) is 38.1 Å². The molecule has 1 aliphatic heterocycles. The van der Waals surface area contributed by atoms with Gasteiger partial charge < -0.3 is 19.3 Å². The third-order valence-electron chi connectivity index (χ3n) is 4.41. The number of para-hydroxylation sites is 1. The molecular weight excluding hydrogens is 366 g/mol. The molecule has 9 nitrogen and oxygen atoms in total. The highest BCUT2D eigenvalue weighted by Crippen LogP contribution is 2.23. The summed E-state index contributed by atoms with van der Waals surface area (Å²) in [6, 6.07) is 6.08. The average molecular weight is 387 g/mol. The largest absolute Gasteiger partial charge is 0.488 e. The van der Waals surface area contributed by atoms with Gasteiger partial charge in [0.1, 0.15) is 23.7 Å². The lowest BCUT2D eigenvalue weighted by Crippen LogP contribution is -2.41. The first-order valence-electron chi connectivity index (χ1n) is 8.82. The Bertz CT molecular complexity index is 887. The molecule has 1 fully saturated rings. The number of carbonyl (C=O) groups is 3. The number of hydrogen-bond acceptors (Lipinski definition) is 7. The maximum atomic E-state index is 12.6. The first kappa shape index (κ1) is 19.4. The number of benzene rings is 1. The molecule has 0 saturated carbocycles. The quantitative estimate of drug-likeness (QED) is 0.754. The number of nitrogens with one attached hydrogen (secondary N) is 1. The predicted octanol–water partition coefficient (Wildman–Crippen LogP) is 1.97. The van der Waals surface area contributed by atoms with Crippen LogP contribution >= 0.6 is 0 Å². The van der Waals surface area contributed by atoms with E-state index in [9.17, 15) is 14.4 Å². The van der Waals surface area contributed by atoms with Gasteiger partial charge in [-0.3, -0.25) is 9.69 Å². The highest BCUT2D eigenvalue weighted by molar-refractivity contribution is 6.00. The highest BCUT2D eigenvalue weighted by atomic mass is 16.6. The summed E-state index contributed by atoms with van der Waals surface area (Å²) >= 11 is 0. The van der Waals surface area contributed by atoms with Crippen molar-refractivity contribution in [1.29, 1.82) is 0 Å². The van der Waals surface area contributed by atoms with E-state index in [4.69, 9.17) is 14.0 Å². The van der Waals surface area contributed by atoms with Crippen molar-refractivity contribution >= 4 is 17.9 Å². The molecule has 3 amide bonds. The van der Waals surface area contributed by atoms with E-state index in [0.717, 1.165) is 10.5 Å². The molecule has 0 aliphatic carbocycles. The number of imide groups is 1. The summed E-state index contributed by atoms with van der Waals surface area (Å²) in [5, 5.41) is 6.40. The Hall–Kier alpha value is -3.36. The molecule has 3 rings (SSSR count). The molecule has 0 radical (unpaired) electrons. The molecule has 1 saturated heterocycles. The van der Waals surface area contributed by atoms with Crippen molar-refractivity contribution in [3.8, 4) is 5.75 Å². The minimum atomic E-state index is -1.10. The fourth-order valence-electron chi connectivity index (χ4n) is 2.79. The fraction of sp³-hybridized carbons (Fsp3) is 0.368. The minimum Gasteiger partial charge on any atom is -0.488 e. The lowest BCUT2D eigenvalue weighted by molar-refractivity contribution is -0.136. The molecule has 1 aromatic carbocycles. The average Bonchev–Trinajstić information content (AvgIpc) is 3.25. The van der Waals surface area contributed by atoms with Gasteiger partial charge in [-0.2, -0.15) is 0 Å². The van der Waals surface area contributed by atoms with Crippen LogP contribution in [0.25, 0.3) is 0 Å². The van der Waals surface area contributed by atoms with E-state index in [0.29, 0.717) is 23.7 Å². The number of amides is 3. The first-order chi connectivity index (χ1) is 13.4. The zero-order valence-electron chi connectivity index (χ0n) is 15.9. The molecule has 0 spiro atoms. The molecule has 148 valence electrons. The molecule has 1 N–H and O–H groups in total. The molecule has 1 unspecified atom stereocenters. The SMILES string of the molecule is Cc1noc(C)c1COc1ccccc1C(=O)OC(C)C(=O)N1CCNC1=O. The van der Waals surface area contributed by atoms with Crippen LogP contribution in [-0.2, 0) is 16.1 Å². The second-order valence-electron chi connectivity index (χ2n) is 6.36. The molecule has 1 aromatic heterocycles. The molecule has 9 heteroatoms. The highest BCUT2D eigenvalue weighted by Gasteiger charge is 2.32. The second-order valence-corrected chi connectivity index (χ2v) is 6.36. The van der Waals surface area contributed by atoms with E-state index in [-0.39, 0.29) is 18.7 Å².